The molecular formula is C20H21N3O4S2. The summed E-state index contributed by atoms with van der Waals surface area (Å²) in [5.74, 6) is 0.280. The van der Waals surface area contributed by atoms with Gasteiger partial charge in [-0.3, -0.25) is 19.0 Å². The number of Topliss-reactive ketones (excluding diaryl/α,β-unsaturated/α-hetero) is 1. The van der Waals surface area contributed by atoms with Crippen molar-refractivity contribution in [1.29, 1.82) is 0 Å². The van der Waals surface area contributed by atoms with Crippen LogP contribution < -0.4 is 20.1 Å². The second-order valence-electron chi connectivity index (χ2n) is 7.53. The largest absolute Gasteiger partial charge is 0.360 e. The standard InChI is InChI=1S/C20H21N3O4S2/c1-12-7-16(22-27-12)21-17(25)10-23-18(9-15(24)20(2,3)4)29-14(19(23)26)8-13-5-6-28-11-13/h5-9,11H,10H2,1-4H3,(H,21,22,25). The summed E-state index contributed by atoms with van der Waals surface area (Å²) in [6.45, 7) is 6.89. The number of aryl methyl sites for hydroxylation is 1. The minimum Gasteiger partial charge on any atom is -0.360 e. The third-order valence-corrected chi connectivity index (χ3v) is 5.73. The van der Waals surface area contributed by atoms with Crippen LogP contribution in [0.25, 0.3) is 12.2 Å². The van der Waals surface area contributed by atoms with Crippen LogP contribution >= 0.6 is 22.7 Å². The van der Waals surface area contributed by atoms with Crippen LogP contribution in [0.4, 0.5) is 5.82 Å². The van der Waals surface area contributed by atoms with E-state index in [0.717, 1.165) is 5.56 Å². The number of nitrogens with one attached hydrogen (secondary N) is 1. The first-order valence-electron chi connectivity index (χ1n) is 8.86. The number of anilines is 1. The van der Waals surface area contributed by atoms with Crippen molar-refractivity contribution in [1.82, 2.24) is 9.72 Å². The Morgan fingerprint density at radius 2 is 2.10 bits per heavy atom. The fourth-order valence-electron chi connectivity index (χ4n) is 2.38. The van der Waals surface area contributed by atoms with E-state index in [9.17, 15) is 14.4 Å². The predicted octanol–water partition coefficient (Wildman–Crippen LogP) is 2.13. The monoisotopic (exact) mass is 431 g/mol. The van der Waals surface area contributed by atoms with E-state index >= 15 is 0 Å². The highest BCUT2D eigenvalue weighted by Gasteiger charge is 2.20. The first-order valence-corrected chi connectivity index (χ1v) is 10.6. The van der Waals surface area contributed by atoms with Crippen LogP contribution in [0.1, 0.15) is 32.1 Å². The Labute approximate surface area is 175 Å². The number of nitrogens with zero attached hydrogens (tertiary/aromatic N) is 2. The molecule has 0 saturated carbocycles. The second-order valence-corrected chi connectivity index (χ2v) is 9.37. The summed E-state index contributed by atoms with van der Waals surface area (Å²) >= 11 is 2.72. The lowest BCUT2D eigenvalue weighted by Crippen LogP contribution is -2.36. The molecular weight excluding hydrogens is 410 g/mol. The number of aromatic nitrogens is 2. The number of ketones is 1. The Hall–Kier alpha value is -2.78. The van der Waals surface area contributed by atoms with Gasteiger partial charge in [0.1, 0.15) is 17.0 Å². The van der Waals surface area contributed by atoms with Crippen molar-refractivity contribution >= 4 is 52.3 Å². The number of hydrogen-bond acceptors (Lipinski definition) is 7. The molecule has 3 heterocycles. The number of hydrogen-bond donors (Lipinski definition) is 1. The van der Waals surface area contributed by atoms with Crippen LogP contribution in [0.3, 0.4) is 0 Å². The summed E-state index contributed by atoms with van der Waals surface area (Å²) in [7, 11) is 0. The summed E-state index contributed by atoms with van der Waals surface area (Å²) in [4.78, 5) is 37.9. The van der Waals surface area contributed by atoms with Gasteiger partial charge in [0, 0.05) is 17.6 Å². The Kier molecular flexibility index (Phi) is 5.99. The molecule has 0 atom stereocenters. The van der Waals surface area contributed by atoms with Crippen LogP contribution in [0.15, 0.2) is 32.2 Å². The predicted molar refractivity (Wildman–Crippen MR) is 115 cm³/mol. The van der Waals surface area contributed by atoms with E-state index in [0.29, 0.717) is 15.0 Å². The molecule has 9 heteroatoms. The lowest BCUT2D eigenvalue weighted by atomic mass is 9.91. The molecule has 0 saturated heterocycles. The van der Waals surface area contributed by atoms with Crippen LogP contribution in [0, 0.1) is 12.3 Å². The van der Waals surface area contributed by atoms with Gasteiger partial charge in [0.15, 0.2) is 11.6 Å². The van der Waals surface area contributed by atoms with Gasteiger partial charge in [0.25, 0.3) is 5.56 Å². The summed E-state index contributed by atoms with van der Waals surface area (Å²) in [6, 6.07) is 3.48. The molecule has 0 bridgehead atoms. The zero-order valence-electron chi connectivity index (χ0n) is 16.5. The number of amides is 1. The Bertz CT molecular complexity index is 1210. The van der Waals surface area contributed by atoms with Gasteiger partial charge in [-0.05, 0) is 35.4 Å². The third-order valence-electron chi connectivity index (χ3n) is 3.97. The number of carbonyl (C=O) groups is 2. The average molecular weight is 432 g/mol. The number of carbonyl (C=O) groups excluding carboxylic acids is 2. The maximum absolute atomic E-state index is 12.9. The highest BCUT2D eigenvalue weighted by Crippen LogP contribution is 2.15. The summed E-state index contributed by atoms with van der Waals surface area (Å²) in [5.41, 5.74) is -0.0137. The van der Waals surface area contributed by atoms with Crippen molar-refractivity contribution in [2.24, 2.45) is 5.41 Å². The highest BCUT2D eigenvalue weighted by atomic mass is 32.1. The second kappa shape index (κ2) is 8.30. The van der Waals surface area contributed by atoms with Crippen molar-refractivity contribution in [3.63, 3.8) is 0 Å². The molecule has 0 radical (unpaired) electrons. The first-order chi connectivity index (χ1) is 13.6. The number of thiophene rings is 1. The molecule has 0 spiro atoms. The van der Waals surface area contributed by atoms with Crippen molar-refractivity contribution in [3.8, 4) is 0 Å². The van der Waals surface area contributed by atoms with Gasteiger partial charge in [0.2, 0.25) is 5.91 Å². The zero-order valence-corrected chi connectivity index (χ0v) is 18.1. The van der Waals surface area contributed by atoms with E-state index in [1.165, 1.54) is 33.3 Å². The molecule has 0 aliphatic carbocycles. The molecule has 0 aromatic carbocycles. The molecule has 1 N–H and O–H groups in total. The minimum atomic E-state index is -0.595. The fourth-order valence-corrected chi connectivity index (χ4v) is 4.04. The van der Waals surface area contributed by atoms with Gasteiger partial charge in [-0.25, -0.2) is 0 Å². The maximum Gasteiger partial charge on any atom is 0.269 e. The summed E-state index contributed by atoms with van der Waals surface area (Å²) < 4.78 is 7.14. The van der Waals surface area contributed by atoms with Crippen LogP contribution in [-0.4, -0.2) is 21.4 Å². The molecule has 29 heavy (non-hydrogen) atoms. The van der Waals surface area contributed by atoms with Gasteiger partial charge in [0.05, 0.1) is 4.53 Å². The summed E-state index contributed by atoms with van der Waals surface area (Å²) in [6.07, 6.45) is 3.20. The normalized spacial score (nSPS) is 13.1. The third kappa shape index (κ3) is 5.18. The van der Waals surface area contributed by atoms with Gasteiger partial charge in [-0.15, -0.1) is 11.3 Å². The average Bonchev–Trinajstić information content (AvgIpc) is 3.33. The van der Waals surface area contributed by atoms with E-state index < -0.39 is 11.3 Å². The highest BCUT2D eigenvalue weighted by molar-refractivity contribution is 7.08. The summed E-state index contributed by atoms with van der Waals surface area (Å²) in [5, 5.41) is 10.2. The smallest absolute Gasteiger partial charge is 0.269 e. The molecule has 3 rings (SSSR count). The Morgan fingerprint density at radius 1 is 1.34 bits per heavy atom. The van der Waals surface area contributed by atoms with Gasteiger partial charge in [-0.1, -0.05) is 25.9 Å². The molecule has 7 nitrogen and oxygen atoms in total. The van der Waals surface area contributed by atoms with Crippen molar-refractivity contribution in [3.05, 3.63) is 53.8 Å². The lowest BCUT2D eigenvalue weighted by Gasteiger charge is -2.12. The van der Waals surface area contributed by atoms with Crippen molar-refractivity contribution < 1.29 is 14.1 Å². The molecule has 0 unspecified atom stereocenters. The van der Waals surface area contributed by atoms with Gasteiger partial charge >= 0.3 is 0 Å². The quantitative estimate of drug-likeness (QED) is 0.668. The van der Waals surface area contributed by atoms with Crippen LogP contribution in [0.2, 0.25) is 0 Å². The van der Waals surface area contributed by atoms with Gasteiger partial charge in [-0.2, -0.15) is 11.3 Å². The topological polar surface area (TPSA) is 94.2 Å². The fraction of sp³-hybridized carbons (Fsp3) is 0.300. The van der Waals surface area contributed by atoms with E-state index in [4.69, 9.17) is 4.52 Å². The molecule has 3 aromatic heterocycles. The van der Waals surface area contributed by atoms with Crippen LogP contribution in [-0.2, 0) is 16.1 Å². The van der Waals surface area contributed by atoms with Crippen molar-refractivity contribution in [2.75, 3.05) is 5.32 Å². The maximum atomic E-state index is 12.9. The number of thiazole rings is 1. The molecule has 1 amide bonds. The Balaban J connectivity index is 2.02. The van der Waals surface area contributed by atoms with E-state index in [1.807, 2.05) is 16.8 Å². The minimum absolute atomic E-state index is 0.123. The lowest BCUT2D eigenvalue weighted by molar-refractivity contribution is -0.120. The van der Waals surface area contributed by atoms with E-state index in [-0.39, 0.29) is 23.7 Å². The number of rotatable bonds is 5. The van der Waals surface area contributed by atoms with Gasteiger partial charge < -0.3 is 9.84 Å². The molecule has 0 fully saturated rings. The van der Waals surface area contributed by atoms with E-state index in [1.54, 1.807) is 39.8 Å². The Morgan fingerprint density at radius 3 is 2.69 bits per heavy atom. The van der Waals surface area contributed by atoms with Crippen LogP contribution in [0.5, 0.6) is 0 Å². The molecule has 0 aliphatic rings. The molecule has 0 aliphatic heterocycles. The molecule has 3 aromatic rings. The molecule has 152 valence electrons. The first kappa shape index (κ1) is 20.9. The van der Waals surface area contributed by atoms with Crippen molar-refractivity contribution in [2.45, 2.75) is 34.2 Å². The van der Waals surface area contributed by atoms with E-state index in [2.05, 4.69) is 10.5 Å². The SMILES string of the molecule is Cc1cc(NC(=O)Cn2c(=CC(=O)C(C)(C)C)sc(=Cc3ccsc3)c2=O)no1. The zero-order chi connectivity index (χ0) is 21.2.